The van der Waals surface area contributed by atoms with E-state index in [0.717, 1.165) is 11.5 Å². The largest absolute Gasteiger partial charge is 0.384 e. The molecule has 0 radical (unpaired) electrons. The Labute approximate surface area is 60.8 Å². The van der Waals surface area contributed by atoms with Gasteiger partial charge in [0.25, 0.3) is 0 Å². The minimum Gasteiger partial charge on any atom is -0.384 e. The van der Waals surface area contributed by atoms with Crippen molar-refractivity contribution >= 4 is 22.2 Å². The van der Waals surface area contributed by atoms with Gasteiger partial charge < -0.3 is 5.73 Å². The molecule has 1 aromatic rings. The maximum atomic E-state index is 10.2. The van der Waals surface area contributed by atoms with E-state index < -0.39 is 4.92 Å². The van der Waals surface area contributed by atoms with Crippen molar-refractivity contribution in [1.29, 1.82) is 0 Å². The summed E-state index contributed by atoms with van der Waals surface area (Å²) in [6, 6.07) is 0. The third-order valence-corrected chi connectivity index (χ3v) is 1.79. The predicted octanol–water partition coefficient (Wildman–Crippen LogP) is 0.942. The van der Waals surface area contributed by atoms with Crippen molar-refractivity contribution < 1.29 is 4.92 Å². The number of nitrogens with zero attached hydrogens (tertiary/aromatic N) is 2. The zero-order valence-corrected chi connectivity index (χ0v) is 6.01. The zero-order valence-electron chi connectivity index (χ0n) is 5.20. The van der Waals surface area contributed by atoms with Gasteiger partial charge in [-0.25, -0.2) is 0 Å². The number of nitro groups is 1. The standard InChI is InChI=1S/C4H5N3O2S/c1-2-3(7(8)9)4(5)10-6-2/h5H2,1H3. The molecule has 0 unspecified atom stereocenters. The lowest BCUT2D eigenvalue weighted by molar-refractivity contribution is -0.384. The SMILES string of the molecule is Cc1nsc(N)c1[N+](=O)[O-]. The van der Waals surface area contributed by atoms with Crippen molar-refractivity contribution in [2.45, 2.75) is 6.92 Å². The summed E-state index contributed by atoms with van der Waals surface area (Å²) in [6.07, 6.45) is 0. The Hall–Kier alpha value is -1.17. The molecule has 1 rings (SSSR count). The predicted molar refractivity (Wildman–Crippen MR) is 37.9 cm³/mol. The number of aromatic nitrogens is 1. The summed E-state index contributed by atoms with van der Waals surface area (Å²) in [6.45, 7) is 1.56. The lowest BCUT2D eigenvalue weighted by Gasteiger charge is -1.85. The van der Waals surface area contributed by atoms with Crippen molar-refractivity contribution in [3.63, 3.8) is 0 Å². The third kappa shape index (κ3) is 0.926. The van der Waals surface area contributed by atoms with Crippen molar-refractivity contribution in [2.24, 2.45) is 0 Å². The number of nitrogen functional groups attached to an aromatic ring is 1. The highest BCUT2D eigenvalue weighted by Gasteiger charge is 2.18. The number of rotatable bonds is 1. The molecule has 54 valence electrons. The number of nitrogens with two attached hydrogens (primary N) is 1. The Balaban J connectivity index is 3.23. The Morgan fingerprint density at radius 3 is 2.60 bits per heavy atom. The summed E-state index contributed by atoms with van der Waals surface area (Å²) in [4.78, 5) is 9.68. The first-order chi connectivity index (χ1) is 4.63. The fraction of sp³-hybridized carbons (Fsp3) is 0.250. The lowest BCUT2D eigenvalue weighted by Crippen LogP contribution is -1.92. The van der Waals surface area contributed by atoms with Gasteiger partial charge in [-0.2, -0.15) is 4.37 Å². The van der Waals surface area contributed by atoms with Gasteiger partial charge in [-0.05, 0) is 18.5 Å². The van der Waals surface area contributed by atoms with Crippen LogP contribution in [0.5, 0.6) is 0 Å². The van der Waals surface area contributed by atoms with Crippen molar-refractivity contribution in [3.05, 3.63) is 15.8 Å². The highest BCUT2D eigenvalue weighted by Crippen LogP contribution is 2.28. The first-order valence-electron chi connectivity index (χ1n) is 2.49. The monoisotopic (exact) mass is 159 g/mol. The molecule has 0 spiro atoms. The second-order valence-electron chi connectivity index (χ2n) is 1.74. The minimum atomic E-state index is -0.520. The van der Waals surface area contributed by atoms with Crippen LogP contribution >= 0.6 is 11.5 Å². The van der Waals surface area contributed by atoms with Gasteiger partial charge in [0.1, 0.15) is 5.69 Å². The van der Waals surface area contributed by atoms with E-state index in [1.807, 2.05) is 0 Å². The van der Waals surface area contributed by atoms with Gasteiger partial charge in [-0.15, -0.1) is 0 Å². The fourth-order valence-electron chi connectivity index (χ4n) is 0.604. The molecular weight excluding hydrogens is 154 g/mol. The average molecular weight is 159 g/mol. The summed E-state index contributed by atoms with van der Waals surface area (Å²) < 4.78 is 3.71. The molecule has 0 saturated heterocycles. The number of hydrogen-bond acceptors (Lipinski definition) is 5. The van der Waals surface area contributed by atoms with Crippen LogP contribution in [-0.2, 0) is 0 Å². The molecule has 1 heterocycles. The van der Waals surface area contributed by atoms with E-state index in [4.69, 9.17) is 5.73 Å². The van der Waals surface area contributed by atoms with Gasteiger partial charge in [0.05, 0.1) is 4.92 Å². The van der Waals surface area contributed by atoms with E-state index in [1.165, 1.54) is 0 Å². The molecule has 0 aliphatic carbocycles. The van der Waals surface area contributed by atoms with E-state index >= 15 is 0 Å². The molecule has 0 aliphatic heterocycles. The van der Waals surface area contributed by atoms with E-state index in [1.54, 1.807) is 6.92 Å². The highest BCUT2D eigenvalue weighted by molar-refractivity contribution is 7.10. The molecule has 5 nitrogen and oxygen atoms in total. The van der Waals surface area contributed by atoms with Gasteiger partial charge in [0, 0.05) is 0 Å². The average Bonchev–Trinajstić information content (AvgIpc) is 2.11. The summed E-state index contributed by atoms with van der Waals surface area (Å²) in [5, 5.41) is 10.4. The first kappa shape index (κ1) is 6.94. The van der Waals surface area contributed by atoms with Crippen LogP contribution < -0.4 is 5.73 Å². The topological polar surface area (TPSA) is 82.0 Å². The van der Waals surface area contributed by atoms with Gasteiger partial charge in [0.2, 0.25) is 0 Å². The smallest absolute Gasteiger partial charge is 0.325 e. The molecular formula is C4H5N3O2S. The van der Waals surface area contributed by atoms with E-state index in [-0.39, 0.29) is 10.7 Å². The van der Waals surface area contributed by atoms with Crippen molar-refractivity contribution in [3.8, 4) is 0 Å². The quantitative estimate of drug-likeness (QED) is 0.488. The normalized spacial score (nSPS) is 9.70. The van der Waals surface area contributed by atoms with E-state index in [0.29, 0.717) is 5.69 Å². The van der Waals surface area contributed by atoms with E-state index in [9.17, 15) is 10.1 Å². The first-order valence-corrected chi connectivity index (χ1v) is 3.26. The molecule has 0 atom stereocenters. The van der Waals surface area contributed by atoms with Crippen molar-refractivity contribution in [1.82, 2.24) is 4.37 Å². The van der Waals surface area contributed by atoms with Crippen molar-refractivity contribution in [2.75, 3.05) is 5.73 Å². The van der Waals surface area contributed by atoms with Gasteiger partial charge in [-0.1, -0.05) is 0 Å². The lowest BCUT2D eigenvalue weighted by atomic mass is 10.4. The summed E-state index contributed by atoms with van der Waals surface area (Å²) in [5.74, 6) is 0. The molecule has 6 heteroatoms. The van der Waals surface area contributed by atoms with Crippen LogP contribution in [0.1, 0.15) is 5.69 Å². The van der Waals surface area contributed by atoms with Crippen LogP contribution in [0.25, 0.3) is 0 Å². The van der Waals surface area contributed by atoms with Gasteiger partial charge >= 0.3 is 5.69 Å². The molecule has 0 fully saturated rings. The molecule has 0 bridgehead atoms. The fourth-order valence-corrected chi connectivity index (χ4v) is 1.23. The summed E-state index contributed by atoms with van der Waals surface area (Å²) >= 11 is 0.945. The maximum Gasteiger partial charge on any atom is 0.325 e. The summed E-state index contributed by atoms with van der Waals surface area (Å²) in [5.41, 5.74) is 5.57. The Morgan fingerprint density at radius 1 is 1.80 bits per heavy atom. The van der Waals surface area contributed by atoms with Gasteiger partial charge in [-0.3, -0.25) is 10.1 Å². The third-order valence-electron chi connectivity index (χ3n) is 1.04. The zero-order chi connectivity index (χ0) is 7.72. The van der Waals surface area contributed by atoms with Gasteiger partial charge in [0.15, 0.2) is 5.00 Å². The Morgan fingerprint density at radius 2 is 2.40 bits per heavy atom. The summed E-state index contributed by atoms with van der Waals surface area (Å²) in [7, 11) is 0. The van der Waals surface area contributed by atoms with Crippen LogP contribution in [0.4, 0.5) is 10.7 Å². The van der Waals surface area contributed by atoms with Crippen LogP contribution in [0, 0.1) is 17.0 Å². The minimum absolute atomic E-state index is 0.0648. The van der Waals surface area contributed by atoms with Crippen LogP contribution in [0.3, 0.4) is 0 Å². The molecule has 0 amide bonds. The highest BCUT2D eigenvalue weighted by atomic mass is 32.1. The number of hydrogen-bond donors (Lipinski definition) is 1. The number of aryl methyl sites for hydroxylation is 1. The second-order valence-corrected chi connectivity index (χ2v) is 2.54. The Bertz CT molecular complexity index is 250. The maximum absolute atomic E-state index is 10.2. The van der Waals surface area contributed by atoms with E-state index in [2.05, 4.69) is 4.37 Å². The molecule has 10 heavy (non-hydrogen) atoms. The second kappa shape index (κ2) is 2.22. The molecule has 0 aliphatic rings. The van der Waals surface area contributed by atoms with Crippen LogP contribution in [-0.4, -0.2) is 9.30 Å². The molecule has 2 N–H and O–H groups in total. The van der Waals surface area contributed by atoms with Crippen LogP contribution in [0.2, 0.25) is 0 Å². The molecule has 0 aromatic carbocycles. The van der Waals surface area contributed by atoms with Crippen LogP contribution in [0.15, 0.2) is 0 Å². The number of anilines is 1. The Kier molecular flexibility index (Phi) is 1.54. The molecule has 0 saturated carbocycles. The molecule has 1 aromatic heterocycles.